The number of benzene rings is 1. The fourth-order valence-electron chi connectivity index (χ4n) is 1.24. The number of nitrogens with one attached hydrogen (secondary N) is 1. The summed E-state index contributed by atoms with van der Waals surface area (Å²) in [4.78, 5) is 7.43. The minimum absolute atomic E-state index is 0.299. The molecule has 0 bridgehead atoms. The predicted molar refractivity (Wildman–Crippen MR) is 65.2 cm³/mol. The molecule has 3 nitrogen and oxygen atoms in total. The average molecular weight is 275 g/mol. The van der Waals surface area contributed by atoms with Crippen LogP contribution < -0.4 is 0 Å². The summed E-state index contributed by atoms with van der Waals surface area (Å²) in [5, 5.41) is 0.751. The SMILES string of the molecule is [O-][S+](Cc1ncc[nH]1)c1cccc(Cl)c1Cl. The Morgan fingerprint density at radius 3 is 2.88 bits per heavy atom. The van der Waals surface area contributed by atoms with Crippen LogP contribution in [0.3, 0.4) is 0 Å². The van der Waals surface area contributed by atoms with E-state index in [1.165, 1.54) is 0 Å². The third-order valence-corrected chi connectivity index (χ3v) is 4.28. The zero-order valence-corrected chi connectivity index (χ0v) is 10.4. The molecule has 0 fully saturated rings. The Morgan fingerprint density at radius 2 is 2.19 bits per heavy atom. The van der Waals surface area contributed by atoms with Gasteiger partial charge in [0.25, 0.3) is 0 Å². The number of hydrogen-bond donors (Lipinski definition) is 1. The summed E-state index contributed by atoms with van der Waals surface area (Å²) in [6.45, 7) is 0. The van der Waals surface area contributed by atoms with Crippen LogP contribution >= 0.6 is 23.2 Å². The molecule has 0 aliphatic heterocycles. The van der Waals surface area contributed by atoms with Crippen LogP contribution in [0.1, 0.15) is 5.82 Å². The van der Waals surface area contributed by atoms with E-state index in [1.54, 1.807) is 30.6 Å². The lowest BCUT2D eigenvalue weighted by molar-refractivity contribution is 0.593. The van der Waals surface area contributed by atoms with E-state index in [4.69, 9.17) is 23.2 Å². The van der Waals surface area contributed by atoms with Gasteiger partial charge < -0.3 is 9.54 Å². The minimum atomic E-state index is -1.24. The Balaban J connectivity index is 2.21. The Hall–Kier alpha value is -0.680. The van der Waals surface area contributed by atoms with Gasteiger partial charge in [-0.3, -0.25) is 0 Å². The lowest BCUT2D eigenvalue weighted by Gasteiger charge is -2.10. The van der Waals surface area contributed by atoms with E-state index in [0.717, 1.165) is 0 Å². The van der Waals surface area contributed by atoms with Crippen molar-refractivity contribution in [2.75, 3.05) is 0 Å². The summed E-state index contributed by atoms with van der Waals surface area (Å²) >= 11 is 10.6. The highest BCUT2D eigenvalue weighted by Gasteiger charge is 2.18. The fraction of sp³-hybridized carbons (Fsp3) is 0.100. The number of rotatable bonds is 3. The first-order chi connectivity index (χ1) is 7.68. The Labute approximate surface area is 106 Å². The van der Waals surface area contributed by atoms with Gasteiger partial charge in [-0.15, -0.1) is 0 Å². The van der Waals surface area contributed by atoms with Crippen molar-refractivity contribution in [3.05, 3.63) is 46.5 Å². The van der Waals surface area contributed by atoms with Crippen molar-refractivity contribution in [1.29, 1.82) is 0 Å². The molecule has 0 aliphatic carbocycles. The standard InChI is InChI=1S/C10H8Cl2N2OS/c11-7-2-1-3-8(10(7)12)16(15)6-9-13-4-5-14-9/h1-5H,6H2,(H,13,14). The maximum Gasteiger partial charge on any atom is 0.173 e. The van der Waals surface area contributed by atoms with Gasteiger partial charge in [0.05, 0.1) is 5.02 Å². The molecular formula is C10H8Cl2N2OS. The highest BCUT2D eigenvalue weighted by Crippen LogP contribution is 2.30. The molecule has 84 valence electrons. The molecule has 0 saturated heterocycles. The normalized spacial score (nSPS) is 12.7. The summed E-state index contributed by atoms with van der Waals surface area (Å²) in [6.07, 6.45) is 3.30. The van der Waals surface area contributed by atoms with E-state index in [-0.39, 0.29) is 0 Å². The molecule has 0 amide bonds. The van der Waals surface area contributed by atoms with Crippen LogP contribution in [0, 0.1) is 0 Å². The molecule has 1 aromatic heterocycles. The molecule has 1 aromatic carbocycles. The molecular weight excluding hydrogens is 267 g/mol. The summed E-state index contributed by atoms with van der Waals surface area (Å²) < 4.78 is 12.0. The number of hydrogen-bond acceptors (Lipinski definition) is 2. The van der Waals surface area contributed by atoms with Crippen molar-refractivity contribution in [3.63, 3.8) is 0 Å². The molecule has 0 radical (unpaired) electrons. The highest BCUT2D eigenvalue weighted by molar-refractivity contribution is 7.90. The molecule has 1 N–H and O–H groups in total. The zero-order valence-electron chi connectivity index (χ0n) is 8.11. The smallest absolute Gasteiger partial charge is 0.173 e. The summed E-state index contributed by atoms with van der Waals surface area (Å²) in [5.74, 6) is 0.960. The van der Waals surface area contributed by atoms with Gasteiger partial charge in [0.2, 0.25) is 0 Å². The lowest BCUT2D eigenvalue weighted by atomic mass is 10.4. The Kier molecular flexibility index (Phi) is 3.76. The van der Waals surface area contributed by atoms with Gasteiger partial charge >= 0.3 is 0 Å². The first-order valence-electron chi connectivity index (χ1n) is 4.49. The maximum atomic E-state index is 12.0. The molecule has 16 heavy (non-hydrogen) atoms. The van der Waals surface area contributed by atoms with Crippen LogP contribution in [-0.4, -0.2) is 14.5 Å². The molecule has 0 spiro atoms. The number of imidazole rings is 1. The van der Waals surface area contributed by atoms with E-state index in [0.29, 0.717) is 26.5 Å². The number of H-pyrrole nitrogens is 1. The maximum absolute atomic E-state index is 12.0. The largest absolute Gasteiger partial charge is 0.611 e. The second kappa shape index (κ2) is 5.10. The van der Waals surface area contributed by atoms with Crippen molar-refractivity contribution in [1.82, 2.24) is 9.97 Å². The number of aromatic amines is 1. The number of halogens is 2. The van der Waals surface area contributed by atoms with Gasteiger partial charge in [-0.1, -0.05) is 29.3 Å². The van der Waals surface area contributed by atoms with Crippen LogP contribution in [0.25, 0.3) is 0 Å². The van der Waals surface area contributed by atoms with Gasteiger partial charge in [0.1, 0.15) is 5.02 Å². The van der Waals surface area contributed by atoms with E-state index in [9.17, 15) is 4.55 Å². The topological polar surface area (TPSA) is 51.7 Å². The van der Waals surface area contributed by atoms with Gasteiger partial charge in [-0.25, -0.2) is 4.98 Å². The monoisotopic (exact) mass is 274 g/mol. The molecule has 0 saturated carbocycles. The third kappa shape index (κ3) is 2.52. The van der Waals surface area contributed by atoms with E-state index in [1.807, 2.05) is 0 Å². The van der Waals surface area contributed by atoms with Gasteiger partial charge in [-0.05, 0) is 23.3 Å². The van der Waals surface area contributed by atoms with Crippen molar-refractivity contribution in [2.45, 2.75) is 10.6 Å². The van der Waals surface area contributed by atoms with Crippen molar-refractivity contribution in [3.8, 4) is 0 Å². The van der Waals surface area contributed by atoms with Crippen LogP contribution in [-0.2, 0) is 16.9 Å². The number of aromatic nitrogens is 2. The average Bonchev–Trinajstić information content (AvgIpc) is 2.74. The van der Waals surface area contributed by atoms with E-state index >= 15 is 0 Å². The zero-order chi connectivity index (χ0) is 11.5. The quantitative estimate of drug-likeness (QED) is 0.875. The fourth-order valence-corrected chi connectivity index (χ4v) is 2.96. The second-order valence-corrected chi connectivity index (χ2v) is 5.28. The molecule has 1 atom stereocenters. The third-order valence-electron chi connectivity index (χ3n) is 1.98. The summed E-state index contributed by atoms with van der Waals surface area (Å²) in [5.41, 5.74) is 0. The Bertz CT molecular complexity index is 476. The Morgan fingerprint density at radius 1 is 1.38 bits per heavy atom. The van der Waals surface area contributed by atoms with E-state index < -0.39 is 11.2 Å². The summed E-state index contributed by atoms with van der Waals surface area (Å²) in [6, 6.07) is 5.09. The molecule has 6 heteroatoms. The molecule has 2 aromatic rings. The molecule has 2 rings (SSSR count). The van der Waals surface area contributed by atoms with Gasteiger partial charge in [-0.2, -0.15) is 0 Å². The number of nitrogens with zero attached hydrogens (tertiary/aromatic N) is 1. The van der Waals surface area contributed by atoms with Crippen LogP contribution in [0.15, 0.2) is 35.5 Å². The molecule has 1 heterocycles. The van der Waals surface area contributed by atoms with Gasteiger partial charge in [0.15, 0.2) is 16.5 Å². The molecule has 1 unspecified atom stereocenters. The van der Waals surface area contributed by atoms with Gasteiger partial charge in [0, 0.05) is 12.4 Å². The van der Waals surface area contributed by atoms with Crippen molar-refractivity contribution < 1.29 is 4.55 Å². The minimum Gasteiger partial charge on any atom is -0.611 e. The van der Waals surface area contributed by atoms with Crippen molar-refractivity contribution in [2.24, 2.45) is 0 Å². The molecule has 0 aliphatic rings. The van der Waals surface area contributed by atoms with Crippen LogP contribution in [0.4, 0.5) is 0 Å². The first kappa shape index (κ1) is 11.8. The summed E-state index contributed by atoms with van der Waals surface area (Å²) in [7, 11) is 0. The first-order valence-corrected chi connectivity index (χ1v) is 6.56. The van der Waals surface area contributed by atoms with E-state index in [2.05, 4.69) is 9.97 Å². The van der Waals surface area contributed by atoms with Crippen molar-refractivity contribution >= 4 is 34.4 Å². The van der Waals surface area contributed by atoms with Crippen LogP contribution in [0.5, 0.6) is 0 Å². The lowest BCUT2D eigenvalue weighted by Crippen LogP contribution is -2.07. The highest BCUT2D eigenvalue weighted by atomic mass is 35.5. The van der Waals surface area contributed by atoms with Crippen LogP contribution in [0.2, 0.25) is 10.0 Å². The second-order valence-electron chi connectivity index (χ2n) is 3.08. The predicted octanol–water partition coefficient (Wildman–Crippen LogP) is 3.02.